The van der Waals surface area contributed by atoms with Crippen LogP contribution in [0.3, 0.4) is 0 Å². The van der Waals surface area contributed by atoms with Gasteiger partial charge in [-0.2, -0.15) is 0 Å². The third-order valence-corrected chi connectivity index (χ3v) is 3.12. The van der Waals surface area contributed by atoms with Crippen LogP contribution < -0.4 is 5.73 Å². The Bertz CT molecular complexity index is 320. The summed E-state index contributed by atoms with van der Waals surface area (Å²) in [5, 5.41) is 0. The number of benzene rings is 1. The standard InChI is InChI=1S/C12H15NO/c13-12(14)11-7-6-10(11)8-9-4-2-1-3-5-9/h1-5,10-11H,6-8H2,(H2,13,14)/t10-,11+/m1/s1. The Kier molecular flexibility index (Phi) is 2.53. The normalized spacial score (nSPS) is 25.4. The van der Waals surface area contributed by atoms with Gasteiger partial charge >= 0.3 is 0 Å². The fourth-order valence-corrected chi connectivity index (χ4v) is 2.10. The Hall–Kier alpha value is -1.31. The summed E-state index contributed by atoms with van der Waals surface area (Å²) in [7, 11) is 0. The lowest BCUT2D eigenvalue weighted by molar-refractivity contribution is -0.126. The average Bonchev–Trinajstić information content (AvgIpc) is 2.13. The van der Waals surface area contributed by atoms with E-state index in [4.69, 9.17) is 5.73 Å². The van der Waals surface area contributed by atoms with Crippen LogP contribution in [0.2, 0.25) is 0 Å². The highest BCUT2D eigenvalue weighted by atomic mass is 16.1. The summed E-state index contributed by atoms with van der Waals surface area (Å²) in [6, 6.07) is 10.3. The quantitative estimate of drug-likeness (QED) is 0.773. The molecule has 0 radical (unpaired) electrons. The maximum Gasteiger partial charge on any atom is 0.220 e. The molecule has 0 spiro atoms. The van der Waals surface area contributed by atoms with Crippen molar-refractivity contribution in [3.63, 3.8) is 0 Å². The van der Waals surface area contributed by atoms with Gasteiger partial charge in [0.15, 0.2) is 0 Å². The van der Waals surface area contributed by atoms with Crippen molar-refractivity contribution in [2.75, 3.05) is 0 Å². The predicted molar refractivity (Wildman–Crippen MR) is 55.6 cm³/mol. The van der Waals surface area contributed by atoms with Gasteiger partial charge in [-0.15, -0.1) is 0 Å². The van der Waals surface area contributed by atoms with Crippen LogP contribution in [0.1, 0.15) is 18.4 Å². The van der Waals surface area contributed by atoms with Gasteiger partial charge < -0.3 is 5.73 Å². The average molecular weight is 189 g/mol. The molecule has 1 aromatic carbocycles. The number of carbonyl (C=O) groups excluding carboxylic acids is 1. The first-order chi connectivity index (χ1) is 6.77. The van der Waals surface area contributed by atoms with Gasteiger partial charge in [-0.1, -0.05) is 30.3 Å². The minimum Gasteiger partial charge on any atom is -0.369 e. The van der Waals surface area contributed by atoms with E-state index in [1.807, 2.05) is 18.2 Å². The molecule has 1 amide bonds. The minimum atomic E-state index is -0.128. The Balaban J connectivity index is 1.96. The molecule has 14 heavy (non-hydrogen) atoms. The van der Waals surface area contributed by atoms with Crippen molar-refractivity contribution in [3.05, 3.63) is 35.9 Å². The second kappa shape index (κ2) is 3.82. The first-order valence-corrected chi connectivity index (χ1v) is 5.10. The van der Waals surface area contributed by atoms with Gasteiger partial charge in [-0.3, -0.25) is 4.79 Å². The van der Waals surface area contributed by atoms with Gasteiger partial charge in [-0.05, 0) is 30.7 Å². The highest BCUT2D eigenvalue weighted by Crippen LogP contribution is 2.36. The number of rotatable bonds is 3. The van der Waals surface area contributed by atoms with Crippen LogP contribution in [0.5, 0.6) is 0 Å². The van der Waals surface area contributed by atoms with Crippen molar-refractivity contribution < 1.29 is 4.79 Å². The lowest BCUT2D eigenvalue weighted by Gasteiger charge is -2.34. The SMILES string of the molecule is NC(=O)[C@H]1CC[C@@H]1Cc1ccccc1. The molecule has 2 rings (SSSR count). The molecule has 0 heterocycles. The van der Waals surface area contributed by atoms with E-state index >= 15 is 0 Å². The zero-order valence-electron chi connectivity index (χ0n) is 8.15. The molecule has 0 bridgehead atoms. The van der Waals surface area contributed by atoms with E-state index in [9.17, 15) is 4.79 Å². The minimum absolute atomic E-state index is 0.121. The molecular weight excluding hydrogens is 174 g/mol. The molecule has 1 fully saturated rings. The van der Waals surface area contributed by atoms with Crippen molar-refractivity contribution in [1.82, 2.24) is 0 Å². The van der Waals surface area contributed by atoms with Crippen LogP contribution in [0.15, 0.2) is 30.3 Å². The van der Waals surface area contributed by atoms with Crippen molar-refractivity contribution >= 4 is 5.91 Å². The first-order valence-electron chi connectivity index (χ1n) is 5.10. The lowest BCUT2D eigenvalue weighted by atomic mass is 9.70. The monoisotopic (exact) mass is 189 g/mol. The second-order valence-corrected chi connectivity index (χ2v) is 4.04. The zero-order chi connectivity index (χ0) is 9.97. The van der Waals surface area contributed by atoms with E-state index in [-0.39, 0.29) is 11.8 Å². The highest BCUT2D eigenvalue weighted by molar-refractivity contribution is 5.77. The van der Waals surface area contributed by atoms with Crippen molar-refractivity contribution in [2.45, 2.75) is 19.3 Å². The first kappa shape index (κ1) is 9.25. The maximum atomic E-state index is 11.0. The van der Waals surface area contributed by atoms with Gasteiger partial charge in [0, 0.05) is 5.92 Å². The number of amides is 1. The van der Waals surface area contributed by atoms with Crippen LogP contribution in [0.25, 0.3) is 0 Å². The third-order valence-electron chi connectivity index (χ3n) is 3.12. The van der Waals surface area contributed by atoms with Gasteiger partial charge in [-0.25, -0.2) is 0 Å². The topological polar surface area (TPSA) is 43.1 Å². The summed E-state index contributed by atoms with van der Waals surface area (Å²) in [5.41, 5.74) is 6.61. The lowest BCUT2D eigenvalue weighted by Crippen LogP contribution is -2.38. The Morgan fingerprint density at radius 1 is 1.29 bits per heavy atom. The molecule has 1 aromatic rings. The molecule has 0 aromatic heterocycles. The van der Waals surface area contributed by atoms with Crippen molar-refractivity contribution in [1.29, 1.82) is 0 Å². The molecule has 0 unspecified atom stereocenters. The van der Waals surface area contributed by atoms with Crippen LogP contribution in [-0.2, 0) is 11.2 Å². The number of hydrogen-bond acceptors (Lipinski definition) is 1. The molecule has 0 saturated heterocycles. The van der Waals surface area contributed by atoms with Crippen LogP contribution in [-0.4, -0.2) is 5.91 Å². The smallest absolute Gasteiger partial charge is 0.220 e. The molecular formula is C12H15NO. The fourth-order valence-electron chi connectivity index (χ4n) is 2.10. The molecule has 1 saturated carbocycles. The van der Waals surface area contributed by atoms with Crippen molar-refractivity contribution in [3.8, 4) is 0 Å². The van der Waals surface area contributed by atoms with E-state index in [2.05, 4.69) is 12.1 Å². The van der Waals surface area contributed by atoms with E-state index < -0.39 is 0 Å². The maximum absolute atomic E-state index is 11.0. The summed E-state index contributed by atoms with van der Waals surface area (Å²) in [5.74, 6) is 0.474. The van der Waals surface area contributed by atoms with E-state index in [0.29, 0.717) is 5.92 Å². The number of hydrogen-bond donors (Lipinski definition) is 1. The molecule has 2 heteroatoms. The molecule has 2 nitrogen and oxygen atoms in total. The molecule has 2 N–H and O–H groups in total. The molecule has 1 aliphatic carbocycles. The summed E-state index contributed by atoms with van der Waals surface area (Å²) in [6.45, 7) is 0. The third kappa shape index (κ3) is 1.79. The summed E-state index contributed by atoms with van der Waals surface area (Å²) in [6.07, 6.45) is 3.11. The van der Waals surface area contributed by atoms with Crippen LogP contribution in [0, 0.1) is 11.8 Å². The van der Waals surface area contributed by atoms with Gasteiger partial charge in [0.2, 0.25) is 5.91 Å². The summed E-state index contributed by atoms with van der Waals surface area (Å²) < 4.78 is 0. The zero-order valence-corrected chi connectivity index (χ0v) is 8.15. The molecule has 74 valence electrons. The van der Waals surface area contributed by atoms with Crippen molar-refractivity contribution in [2.24, 2.45) is 17.6 Å². The Labute approximate surface area is 84.1 Å². The Morgan fingerprint density at radius 2 is 2.00 bits per heavy atom. The largest absolute Gasteiger partial charge is 0.369 e. The Morgan fingerprint density at radius 3 is 2.50 bits per heavy atom. The highest BCUT2D eigenvalue weighted by Gasteiger charge is 2.34. The van der Waals surface area contributed by atoms with Crippen LogP contribution in [0.4, 0.5) is 0 Å². The molecule has 1 aliphatic rings. The second-order valence-electron chi connectivity index (χ2n) is 4.04. The molecule has 0 aliphatic heterocycles. The summed E-state index contributed by atoms with van der Waals surface area (Å²) in [4.78, 5) is 11.0. The van der Waals surface area contributed by atoms with E-state index in [1.54, 1.807) is 0 Å². The van der Waals surface area contributed by atoms with Crippen LogP contribution >= 0.6 is 0 Å². The van der Waals surface area contributed by atoms with E-state index in [0.717, 1.165) is 19.3 Å². The van der Waals surface area contributed by atoms with Gasteiger partial charge in [0.05, 0.1) is 0 Å². The summed E-state index contributed by atoms with van der Waals surface area (Å²) >= 11 is 0. The predicted octanol–water partition coefficient (Wildman–Crippen LogP) is 1.74. The van der Waals surface area contributed by atoms with Gasteiger partial charge in [0.1, 0.15) is 0 Å². The van der Waals surface area contributed by atoms with Gasteiger partial charge in [0.25, 0.3) is 0 Å². The fraction of sp³-hybridized carbons (Fsp3) is 0.417. The van der Waals surface area contributed by atoms with E-state index in [1.165, 1.54) is 5.56 Å². The number of nitrogens with two attached hydrogens (primary N) is 1. The number of carbonyl (C=O) groups is 1. The number of primary amides is 1. The molecule has 2 atom stereocenters.